The molecule has 1 aromatic heterocycles. The number of para-hydroxylation sites is 2. The second-order valence-electron chi connectivity index (χ2n) is 9.41. The number of carbonyl (C=O) groups is 1. The largest absolute Gasteiger partial charge is 0.495 e. The molecule has 2 aromatic carbocycles. The molecule has 5 rings (SSSR count). The SMILES string of the molecule is COc1ccccc1N1CCN(Cc2cc(=O)[nH]c(N3CCN(C(=O)Nc4ccc(Cl)cc4)CC3)n2)CC1. The Morgan fingerprint density at radius 1 is 0.974 bits per heavy atom. The van der Waals surface area contributed by atoms with Crippen molar-refractivity contribution in [3.8, 4) is 5.75 Å². The third-order valence-electron chi connectivity index (χ3n) is 6.93. The highest BCUT2D eigenvalue weighted by Crippen LogP contribution is 2.28. The summed E-state index contributed by atoms with van der Waals surface area (Å²) in [5.74, 6) is 1.43. The standard InChI is InChI=1S/C27H32ClN7O3/c1-38-24-5-3-2-4-23(24)33-12-10-32(11-13-33)19-22-18-25(36)31-26(29-22)34-14-16-35(17-15-34)27(37)30-21-8-6-20(28)7-9-21/h2-9,18H,10-17,19H2,1H3,(H,30,37)(H,29,31,36). The van der Waals surface area contributed by atoms with Gasteiger partial charge in [0.05, 0.1) is 18.5 Å². The van der Waals surface area contributed by atoms with Crippen LogP contribution in [0.3, 0.4) is 0 Å². The van der Waals surface area contributed by atoms with Crippen molar-refractivity contribution in [1.82, 2.24) is 19.8 Å². The van der Waals surface area contributed by atoms with Crippen LogP contribution in [-0.2, 0) is 6.54 Å². The summed E-state index contributed by atoms with van der Waals surface area (Å²) in [6.45, 7) is 6.30. The zero-order chi connectivity index (χ0) is 26.5. The third kappa shape index (κ3) is 6.20. The molecule has 2 aliphatic heterocycles. The highest BCUT2D eigenvalue weighted by atomic mass is 35.5. The van der Waals surface area contributed by atoms with E-state index in [2.05, 4.69) is 26.2 Å². The van der Waals surface area contributed by atoms with E-state index in [1.165, 1.54) is 0 Å². The molecule has 3 heterocycles. The van der Waals surface area contributed by atoms with Crippen molar-refractivity contribution in [3.63, 3.8) is 0 Å². The van der Waals surface area contributed by atoms with E-state index in [9.17, 15) is 9.59 Å². The average molecular weight is 538 g/mol. The number of carbonyl (C=O) groups excluding carboxylic acids is 1. The van der Waals surface area contributed by atoms with E-state index in [4.69, 9.17) is 21.3 Å². The molecule has 0 bridgehead atoms. The molecule has 2 N–H and O–H groups in total. The number of piperazine rings is 2. The first kappa shape index (κ1) is 25.9. The van der Waals surface area contributed by atoms with Gasteiger partial charge >= 0.3 is 6.03 Å². The van der Waals surface area contributed by atoms with Crippen molar-refractivity contribution in [3.05, 3.63) is 75.7 Å². The van der Waals surface area contributed by atoms with Crippen molar-refractivity contribution >= 4 is 35.0 Å². The van der Waals surface area contributed by atoms with Crippen molar-refractivity contribution < 1.29 is 9.53 Å². The first-order chi connectivity index (χ1) is 18.5. The zero-order valence-electron chi connectivity index (χ0n) is 21.4. The number of H-pyrrole nitrogens is 1. The van der Waals surface area contributed by atoms with Crippen molar-refractivity contribution in [2.24, 2.45) is 0 Å². The van der Waals surface area contributed by atoms with Crippen molar-refractivity contribution in [2.75, 3.05) is 74.6 Å². The van der Waals surface area contributed by atoms with Crippen LogP contribution >= 0.6 is 11.6 Å². The normalized spacial score (nSPS) is 16.4. The second kappa shape index (κ2) is 11.7. The number of hydrogen-bond acceptors (Lipinski definition) is 7. The molecule has 2 saturated heterocycles. The lowest BCUT2D eigenvalue weighted by Crippen LogP contribution is -2.51. The van der Waals surface area contributed by atoms with Crippen LogP contribution in [0, 0.1) is 0 Å². The molecule has 2 aliphatic rings. The minimum Gasteiger partial charge on any atom is -0.495 e. The maximum atomic E-state index is 12.6. The van der Waals surface area contributed by atoms with Crippen LogP contribution in [0.5, 0.6) is 5.75 Å². The quantitative estimate of drug-likeness (QED) is 0.498. The van der Waals surface area contributed by atoms with Gasteiger partial charge in [-0.25, -0.2) is 9.78 Å². The molecule has 2 fully saturated rings. The molecule has 0 unspecified atom stereocenters. The van der Waals surface area contributed by atoms with Gasteiger partial charge in [-0.1, -0.05) is 23.7 Å². The average Bonchev–Trinajstić information content (AvgIpc) is 2.94. The summed E-state index contributed by atoms with van der Waals surface area (Å²) in [6.07, 6.45) is 0. The van der Waals surface area contributed by atoms with E-state index in [0.717, 1.165) is 43.3 Å². The lowest BCUT2D eigenvalue weighted by atomic mass is 10.2. The van der Waals surface area contributed by atoms with Gasteiger partial charge in [0, 0.05) is 75.7 Å². The number of halogens is 1. The summed E-state index contributed by atoms with van der Waals surface area (Å²) in [5, 5.41) is 3.52. The Balaban J connectivity index is 1.15. The number of rotatable bonds is 6. The molecule has 0 aliphatic carbocycles. The lowest BCUT2D eigenvalue weighted by molar-refractivity contribution is 0.208. The molecule has 0 atom stereocenters. The van der Waals surface area contributed by atoms with Gasteiger partial charge < -0.3 is 24.8 Å². The second-order valence-corrected chi connectivity index (χ2v) is 9.84. The lowest BCUT2D eigenvalue weighted by Gasteiger charge is -2.37. The Kier molecular flexibility index (Phi) is 8.00. The van der Waals surface area contributed by atoms with E-state index in [-0.39, 0.29) is 11.6 Å². The zero-order valence-corrected chi connectivity index (χ0v) is 22.2. The highest BCUT2D eigenvalue weighted by Gasteiger charge is 2.24. The number of urea groups is 1. The van der Waals surface area contributed by atoms with Gasteiger partial charge in [0.2, 0.25) is 5.95 Å². The summed E-state index contributed by atoms with van der Waals surface area (Å²) in [7, 11) is 1.70. The van der Waals surface area contributed by atoms with Crippen LogP contribution in [0.1, 0.15) is 5.69 Å². The van der Waals surface area contributed by atoms with Gasteiger partial charge in [0.1, 0.15) is 5.75 Å². The van der Waals surface area contributed by atoms with Crippen LogP contribution in [0.4, 0.5) is 22.1 Å². The van der Waals surface area contributed by atoms with Crippen LogP contribution in [-0.4, -0.2) is 85.3 Å². The van der Waals surface area contributed by atoms with E-state index >= 15 is 0 Å². The summed E-state index contributed by atoms with van der Waals surface area (Å²) in [5.41, 5.74) is 2.38. The fourth-order valence-corrected chi connectivity index (χ4v) is 4.97. The number of anilines is 3. The van der Waals surface area contributed by atoms with Crippen molar-refractivity contribution in [2.45, 2.75) is 6.54 Å². The molecule has 0 saturated carbocycles. The first-order valence-electron chi connectivity index (χ1n) is 12.8. The number of amides is 2. The van der Waals surface area contributed by atoms with Crippen LogP contribution < -0.4 is 25.4 Å². The Morgan fingerprint density at radius 2 is 1.66 bits per heavy atom. The molecule has 3 aromatic rings. The molecule has 10 nitrogen and oxygen atoms in total. The molecule has 0 radical (unpaired) electrons. The molecular formula is C27H32ClN7O3. The number of methoxy groups -OCH3 is 1. The molecule has 0 spiro atoms. The number of benzene rings is 2. The Bertz CT molecular complexity index is 1300. The number of ether oxygens (including phenoxy) is 1. The third-order valence-corrected chi connectivity index (χ3v) is 7.18. The van der Waals surface area contributed by atoms with E-state index < -0.39 is 0 Å². The Morgan fingerprint density at radius 3 is 2.37 bits per heavy atom. The highest BCUT2D eigenvalue weighted by molar-refractivity contribution is 6.30. The summed E-state index contributed by atoms with van der Waals surface area (Å²) in [6, 6.07) is 16.5. The molecule has 200 valence electrons. The fraction of sp³-hybridized carbons (Fsp3) is 0.370. The summed E-state index contributed by atoms with van der Waals surface area (Å²) >= 11 is 5.92. The predicted octanol–water partition coefficient (Wildman–Crippen LogP) is 3.11. The Hall–Kier alpha value is -3.76. The minimum absolute atomic E-state index is 0.158. The Labute approximate surface area is 226 Å². The summed E-state index contributed by atoms with van der Waals surface area (Å²) < 4.78 is 5.52. The molecular weight excluding hydrogens is 506 g/mol. The summed E-state index contributed by atoms with van der Waals surface area (Å²) in [4.78, 5) is 41.2. The number of nitrogens with one attached hydrogen (secondary N) is 2. The van der Waals surface area contributed by atoms with Gasteiger partial charge in [-0.05, 0) is 36.4 Å². The molecule has 2 amide bonds. The minimum atomic E-state index is -0.166. The maximum Gasteiger partial charge on any atom is 0.321 e. The monoisotopic (exact) mass is 537 g/mol. The first-order valence-corrected chi connectivity index (χ1v) is 13.1. The number of aromatic amines is 1. The van der Waals surface area contributed by atoms with Crippen molar-refractivity contribution in [1.29, 1.82) is 0 Å². The van der Waals surface area contributed by atoms with E-state index in [1.807, 2.05) is 23.1 Å². The topological polar surface area (TPSA) is 97.0 Å². The smallest absolute Gasteiger partial charge is 0.321 e. The van der Waals surface area contributed by atoms with Crippen LogP contribution in [0.2, 0.25) is 5.02 Å². The van der Waals surface area contributed by atoms with Gasteiger partial charge in [0.15, 0.2) is 0 Å². The maximum absolute atomic E-state index is 12.6. The van der Waals surface area contributed by atoms with E-state index in [0.29, 0.717) is 49.4 Å². The van der Waals surface area contributed by atoms with Crippen LogP contribution in [0.15, 0.2) is 59.4 Å². The number of aromatic nitrogens is 2. The number of nitrogens with zero attached hydrogens (tertiary/aromatic N) is 5. The molecule has 11 heteroatoms. The fourth-order valence-electron chi connectivity index (χ4n) is 4.85. The van der Waals surface area contributed by atoms with E-state index in [1.54, 1.807) is 42.3 Å². The molecule has 38 heavy (non-hydrogen) atoms. The van der Waals surface area contributed by atoms with Crippen LogP contribution in [0.25, 0.3) is 0 Å². The number of hydrogen-bond donors (Lipinski definition) is 2. The van der Waals surface area contributed by atoms with Gasteiger partial charge in [-0.15, -0.1) is 0 Å². The van der Waals surface area contributed by atoms with Gasteiger partial charge in [-0.2, -0.15) is 0 Å². The van der Waals surface area contributed by atoms with Gasteiger partial charge in [-0.3, -0.25) is 14.7 Å². The van der Waals surface area contributed by atoms with Gasteiger partial charge in [0.25, 0.3) is 5.56 Å². The predicted molar refractivity (Wildman–Crippen MR) is 150 cm³/mol.